The zero-order chi connectivity index (χ0) is 19.5. The van der Waals surface area contributed by atoms with E-state index in [2.05, 4.69) is 90.0 Å². The van der Waals surface area contributed by atoms with Gasteiger partial charge in [-0.25, -0.2) is 6.07 Å². The average molecular weight is 376 g/mol. The van der Waals surface area contributed by atoms with Gasteiger partial charge in [0.15, 0.2) is 0 Å². The van der Waals surface area contributed by atoms with Gasteiger partial charge in [0.2, 0.25) is 0 Å². The van der Waals surface area contributed by atoms with E-state index >= 15 is 0 Å². The van der Waals surface area contributed by atoms with E-state index in [1.807, 2.05) is 24.3 Å². The molecular formula is C27H22NO-. The number of fused-ring (bicyclic) bond motifs is 1. The standard InChI is InChI=1S/C27H22NO/c1-3-10-20(11-4-1)19-29-25-17-9-16-24-27(25)23(18-28-24)26(22-14-7-8-15-22)21-12-5-2-6-13-21/h1-18,26,28H,19H2/q-1. The summed E-state index contributed by atoms with van der Waals surface area (Å²) in [5, 5.41) is 1.15. The SMILES string of the molecule is c1ccc(COc2cccc3[nH]cc(C(c4ccccc4)c4cc[cH-]c4)c23)cc1. The number of hydrogen-bond acceptors (Lipinski definition) is 1. The Labute approximate surface area is 170 Å². The summed E-state index contributed by atoms with van der Waals surface area (Å²) in [6.07, 6.45) is 2.13. The van der Waals surface area contributed by atoms with Gasteiger partial charge in [0.05, 0.1) is 0 Å². The van der Waals surface area contributed by atoms with Gasteiger partial charge in [-0.1, -0.05) is 66.7 Å². The monoisotopic (exact) mass is 376 g/mol. The van der Waals surface area contributed by atoms with Gasteiger partial charge in [-0.3, -0.25) is 0 Å². The van der Waals surface area contributed by atoms with Crippen LogP contribution in [0.4, 0.5) is 0 Å². The van der Waals surface area contributed by atoms with E-state index in [9.17, 15) is 0 Å². The first-order valence-corrected chi connectivity index (χ1v) is 9.93. The van der Waals surface area contributed by atoms with Crippen LogP contribution in [0.15, 0.2) is 109 Å². The van der Waals surface area contributed by atoms with E-state index < -0.39 is 0 Å². The fourth-order valence-electron chi connectivity index (χ4n) is 4.04. The molecule has 1 atom stereocenters. The highest BCUT2D eigenvalue weighted by Crippen LogP contribution is 2.40. The molecule has 0 aliphatic rings. The molecule has 0 fully saturated rings. The van der Waals surface area contributed by atoms with Gasteiger partial charge in [0.1, 0.15) is 12.4 Å². The van der Waals surface area contributed by atoms with Crippen LogP contribution in [0.25, 0.3) is 10.9 Å². The summed E-state index contributed by atoms with van der Waals surface area (Å²) >= 11 is 0. The highest BCUT2D eigenvalue weighted by molar-refractivity contribution is 5.90. The molecule has 142 valence electrons. The maximum absolute atomic E-state index is 6.29. The van der Waals surface area contributed by atoms with Crippen molar-refractivity contribution in [3.8, 4) is 5.75 Å². The van der Waals surface area contributed by atoms with Crippen LogP contribution in [0, 0.1) is 0 Å². The van der Waals surface area contributed by atoms with Crippen LogP contribution in [0.2, 0.25) is 0 Å². The predicted octanol–water partition coefficient (Wildman–Crippen LogP) is 6.65. The van der Waals surface area contributed by atoms with Gasteiger partial charge in [-0.05, 0) is 34.7 Å². The number of benzene rings is 3. The molecule has 0 spiro atoms. The number of nitrogens with one attached hydrogen (secondary N) is 1. The molecule has 1 heterocycles. The van der Waals surface area contributed by atoms with E-state index in [1.54, 1.807) is 0 Å². The van der Waals surface area contributed by atoms with Crippen molar-refractivity contribution in [1.82, 2.24) is 4.98 Å². The topological polar surface area (TPSA) is 25.0 Å². The van der Waals surface area contributed by atoms with Crippen LogP contribution in [0.3, 0.4) is 0 Å². The Morgan fingerprint density at radius 1 is 0.793 bits per heavy atom. The van der Waals surface area contributed by atoms with Crippen molar-refractivity contribution in [2.75, 3.05) is 0 Å². The second kappa shape index (κ2) is 7.76. The maximum Gasteiger partial charge on any atom is 0.129 e. The second-order valence-electron chi connectivity index (χ2n) is 7.26. The summed E-state index contributed by atoms with van der Waals surface area (Å²) < 4.78 is 6.29. The molecule has 0 saturated heterocycles. The van der Waals surface area contributed by atoms with Gasteiger partial charge in [-0.15, -0.1) is 0 Å². The normalized spacial score (nSPS) is 12.1. The van der Waals surface area contributed by atoms with Crippen LogP contribution in [-0.2, 0) is 6.61 Å². The zero-order valence-electron chi connectivity index (χ0n) is 16.1. The van der Waals surface area contributed by atoms with Crippen molar-refractivity contribution >= 4 is 10.9 Å². The lowest BCUT2D eigenvalue weighted by molar-refractivity contribution is 0.310. The second-order valence-corrected chi connectivity index (χ2v) is 7.26. The number of hydrogen-bond donors (Lipinski definition) is 1. The Kier molecular flexibility index (Phi) is 4.67. The first-order chi connectivity index (χ1) is 14.4. The van der Waals surface area contributed by atoms with E-state index in [1.165, 1.54) is 16.7 Å². The summed E-state index contributed by atoms with van der Waals surface area (Å²) in [6.45, 7) is 0.553. The lowest BCUT2D eigenvalue weighted by Gasteiger charge is -2.22. The Balaban J connectivity index is 1.60. The molecule has 2 nitrogen and oxygen atoms in total. The van der Waals surface area contributed by atoms with Crippen molar-refractivity contribution in [2.24, 2.45) is 0 Å². The molecule has 0 bridgehead atoms. The number of aromatic amines is 1. The Morgan fingerprint density at radius 2 is 1.59 bits per heavy atom. The van der Waals surface area contributed by atoms with Crippen LogP contribution in [0.1, 0.15) is 28.2 Å². The van der Waals surface area contributed by atoms with E-state index in [4.69, 9.17) is 4.74 Å². The molecule has 29 heavy (non-hydrogen) atoms. The van der Waals surface area contributed by atoms with Crippen LogP contribution >= 0.6 is 0 Å². The minimum absolute atomic E-state index is 0.154. The number of ether oxygens (including phenoxy) is 1. The molecule has 1 N–H and O–H groups in total. The molecule has 2 heteroatoms. The fourth-order valence-corrected chi connectivity index (χ4v) is 4.04. The first kappa shape index (κ1) is 17.4. The Morgan fingerprint density at radius 3 is 2.34 bits per heavy atom. The zero-order valence-corrected chi connectivity index (χ0v) is 16.1. The fraction of sp³-hybridized carbons (Fsp3) is 0.0741. The summed E-state index contributed by atoms with van der Waals surface area (Å²) in [6, 6.07) is 35.8. The predicted molar refractivity (Wildman–Crippen MR) is 118 cm³/mol. The highest BCUT2D eigenvalue weighted by atomic mass is 16.5. The third kappa shape index (κ3) is 3.45. The molecule has 0 aliphatic heterocycles. The van der Waals surface area contributed by atoms with Gasteiger partial charge >= 0.3 is 0 Å². The van der Waals surface area contributed by atoms with Crippen molar-refractivity contribution < 1.29 is 4.74 Å². The Hall–Kier alpha value is -3.65. The third-order valence-electron chi connectivity index (χ3n) is 5.40. The molecule has 0 aliphatic carbocycles. The average Bonchev–Trinajstić information content (AvgIpc) is 3.45. The molecule has 0 amide bonds. The molecule has 0 radical (unpaired) electrons. The number of H-pyrrole nitrogens is 1. The maximum atomic E-state index is 6.29. The van der Waals surface area contributed by atoms with Crippen molar-refractivity contribution in [1.29, 1.82) is 0 Å². The van der Waals surface area contributed by atoms with Crippen molar-refractivity contribution in [3.05, 3.63) is 132 Å². The van der Waals surface area contributed by atoms with Crippen LogP contribution < -0.4 is 4.74 Å². The van der Waals surface area contributed by atoms with Crippen molar-refractivity contribution in [2.45, 2.75) is 12.5 Å². The molecule has 1 unspecified atom stereocenters. The molecule has 1 aromatic heterocycles. The number of rotatable bonds is 6. The number of aromatic nitrogens is 1. The van der Waals surface area contributed by atoms with Gasteiger partial charge in [0, 0.05) is 17.1 Å². The third-order valence-corrected chi connectivity index (χ3v) is 5.40. The van der Waals surface area contributed by atoms with E-state index in [-0.39, 0.29) is 5.92 Å². The smallest absolute Gasteiger partial charge is 0.129 e. The quantitative estimate of drug-likeness (QED) is 0.330. The molecule has 0 saturated carbocycles. The molecule has 5 rings (SSSR count). The summed E-state index contributed by atoms with van der Waals surface area (Å²) in [5.74, 6) is 1.07. The van der Waals surface area contributed by atoms with Crippen LogP contribution in [0.5, 0.6) is 5.75 Å². The van der Waals surface area contributed by atoms with Gasteiger partial charge in [-0.2, -0.15) is 23.8 Å². The summed E-state index contributed by atoms with van der Waals surface area (Å²) in [5.41, 5.74) is 6.06. The van der Waals surface area contributed by atoms with Crippen LogP contribution in [-0.4, -0.2) is 4.98 Å². The molecule has 5 aromatic rings. The lowest BCUT2D eigenvalue weighted by Crippen LogP contribution is -2.02. The van der Waals surface area contributed by atoms with Gasteiger partial charge in [0.25, 0.3) is 0 Å². The summed E-state index contributed by atoms with van der Waals surface area (Å²) in [4.78, 5) is 3.46. The minimum Gasteiger partial charge on any atom is -0.488 e. The first-order valence-electron chi connectivity index (χ1n) is 9.93. The van der Waals surface area contributed by atoms with Crippen molar-refractivity contribution in [3.63, 3.8) is 0 Å². The largest absolute Gasteiger partial charge is 0.488 e. The molecule has 4 aromatic carbocycles. The van der Waals surface area contributed by atoms with E-state index in [0.717, 1.165) is 22.2 Å². The minimum atomic E-state index is 0.154. The highest BCUT2D eigenvalue weighted by Gasteiger charge is 2.19. The summed E-state index contributed by atoms with van der Waals surface area (Å²) in [7, 11) is 0. The van der Waals surface area contributed by atoms with Gasteiger partial charge < -0.3 is 9.72 Å². The lowest BCUT2D eigenvalue weighted by atomic mass is 9.86. The molecular weight excluding hydrogens is 354 g/mol. The van der Waals surface area contributed by atoms with E-state index in [0.29, 0.717) is 6.61 Å². The Bertz CT molecular complexity index is 1190.